The summed E-state index contributed by atoms with van der Waals surface area (Å²) < 4.78 is 2.33. The van der Waals surface area contributed by atoms with E-state index < -0.39 is 0 Å². The second-order valence-electron chi connectivity index (χ2n) is 12.8. The van der Waals surface area contributed by atoms with E-state index >= 15 is 0 Å². The minimum atomic E-state index is 0.624. The van der Waals surface area contributed by atoms with E-state index in [1.54, 1.807) is 0 Å². The summed E-state index contributed by atoms with van der Waals surface area (Å²) in [4.78, 5) is 15.6. The lowest BCUT2D eigenvalue weighted by atomic mass is 9.92. The molecule has 0 aliphatic heterocycles. The van der Waals surface area contributed by atoms with Crippen LogP contribution in [0.1, 0.15) is 0 Å². The third-order valence-electron chi connectivity index (χ3n) is 9.88. The number of hydrogen-bond donors (Lipinski definition) is 0. The first-order valence-corrected chi connectivity index (χ1v) is 17.2. The smallest absolute Gasteiger partial charge is 0.166 e. The van der Waals surface area contributed by atoms with Crippen molar-refractivity contribution in [1.29, 1.82) is 0 Å². The second kappa shape index (κ2) is 11.9. The van der Waals surface area contributed by atoms with E-state index in [-0.39, 0.29) is 0 Å². The van der Waals surface area contributed by atoms with Crippen LogP contribution in [0.2, 0.25) is 0 Å². The molecule has 0 atom stereocenters. The molecule has 10 aromatic rings. The monoisotopic (exact) mass is 650 g/mol. The molecule has 51 heavy (non-hydrogen) atoms. The van der Waals surface area contributed by atoms with Crippen molar-refractivity contribution in [2.45, 2.75) is 0 Å². The highest BCUT2D eigenvalue weighted by molar-refractivity contribution is 6.10. The van der Waals surface area contributed by atoms with E-state index in [1.807, 2.05) is 18.2 Å². The molecule has 238 valence electrons. The topological polar surface area (TPSA) is 43.6 Å². The molecular weight excluding hydrogens is 621 g/mol. The van der Waals surface area contributed by atoms with Gasteiger partial charge in [-0.25, -0.2) is 15.0 Å². The maximum Gasteiger partial charge on any atom is 0.166 e. The molecule has 0 saturated heterocycles. The molecule has 0 N–H and O–H groups in total. The summed E-state index contributed by atoms with van der Waals surface area (Å²) >= 11 is 0. The fourth-order valence-electron chi connectivity index (χ4n) is 7.57. The van der Waals surface area contributed by atoms with Crippen molar-refractivity contribution in [2.75, 3.05) is 0 Å². The second-order valence-corrected chi connectivity index (χ2v) is 12.8. The van der Waals surface area contributed by atoms with Crippen LogP contribution in [0.3, 0.4) is 0 Å². The van der Waals surface area contributed by atoms with Gasteiger partial charge in [0, 0.05) is 27.5 Å². The number of para-hydroxylation sites is 3. The molecule has 10 rings (SSSR count). The quantitative estimate of drug-likeness (QED) is 0.186. The molecular formula is C47H30N4. The molecule has 0 radical (unpaired) electrons. The van der Waals surface area contributed by atoms with Gasteiger partial charge in [-0.05, 0) is 56.9 Å². The highest BCUT2D eigenvalue weighted by Crippen LogP contribution is 2.39. The largest absolute Gasteiger partial charge is 0.309 e. The van der Waals surface area contributed by atoms with E-state index in [9.17, 15) is 0 Å². The molecule has 4 nitrogen and oxygen atoms in total. The number of hydrogen-bond acceptors (Lipinski definition) is 3. The third kappa shape index (κ3) is 4.80. The molecule has 0 spiro atoms. The lowest BCUT2D eigenvalue weighted by molar-refractivity contribution is 1.07. The SMILES string of the molecule is c1ccc(-c2nc(-c3ccccc3-n3c4ccccc4c4ccccc43)nc(-c3cccc4c(-c5cccc6ccccc56)cccc34)n2)cc1. The van der Waals surface area contributed by atoms with Gasteiger partial charge in [0.15, 0.2) is 17.5 Å². The van der Waals surface area contributed by atoms with Crippen LogP contribution in [0.15, 0.2) is 182 Å². The lowest BCUT2D eigenvalue weighted by Crippen LogP contribution is -2.03. The Balaban J connectivity index is 1.22. The molecule has 8 aromatic carbocycles. The Labute approximate surface area is 295 Å². The fourth-order valence-corrected chi connectivity index (χ4v) is 7.57. The van der Waals surface area contributed by atoms with Gasteiger partial charge in [0.2, 0.25) is 0 Å². The molecule has 0 aliphatic rings. The minimum absolute atomic E-state index is 0.624. The normalized spacial score (nSPS) is 11.5. The summed E-state index contributed by atoms with van der Waals surface area (Å²) in [5, 5.41) is 7.12. The highest BCUT2D eigenvalue weighted by atomic mass is 15.1. The van der Waals surface area contributed by atoms with Crippen LogP contribution < -0.4 is 0 Å². The van der Waals surface area contributed by atoms with E-state index in [2.05, 4.69) is 168 Å². The molecule has 0 saturated carbocycles. The molecule has 2 aromatic heterocycles. The predicted octanol–water partition coefficient (Wildman–Crippen LogP) is 11.9. The van der Waals surface area contributed by atoms with Crippen LogP contribution in [-0.4, -0.2) is 19.5 Å². The van der Waals surface area contributed by atoms with Gasteiger partial charge in [-0.3, -0.25) is 0 Å². The summed E-state index contributed by atoms with van der Waals surface area (Å²) in [6.45, 7) is 0. The lowest BCUT2D eigenvalue weighted by Gasteiger charge is -2.15. The van der Waals surface area contributed by atoms with Crippen molar-refractivity contribution in [2.24, 2.45) is 0 Å². The maximum atomic E-state index is 5.30. The minimum Gasteiger partial charge on any atom is -0.309 e. The van der Waals surface area contributed by atoms with Crippen molar-refractivity contribution in [1.82, 2.24) is 19.5 Å². The molecule has 4 heteroatoms. The van der Waals surface area contributed by atoms with Crippen LogP contribution >= 0.6 is 0 Å². The Hall–Kier alpha value is -6.91. The standard InChI is InChI=1S/C47H30N4/c1-2-16-32(17-3-1)45-48-46(40-27-14-25-36-35(24-13-26-37(36)40)34-23-12-18-31-15-4-5-19-33(31)34)50-47(49-45)41-22-8-11-30-44(41)51-42-28-9-6-20-38(42)39-21-7-10-29-43(39)51/h1-30H. The molecule has 0 aliphatic carbocycles. The molecule has 0 unspecified atom stereocenters. The summed E-state index contributed by atoms with van der Waals surface area (Å²) in [6.07, 6.45) is 0. The van der Waals surface area contributed by atoms with Gasteiger partial charge in [-0.15, -0.1) is 0 Å². The Bertz CT molecular complexity index is 2870. The van der Waals surface area contributed by atoms with E-state index in [0.717, 1.165) is 44.2 Å². The summed E-state index contributed by atoms with van der Waals surface area (Å²) in [5.41, 5.74) is 8.51. The van der Waals surface area contributed by atoms with E-state index in [0.29, 0.717) is 17.5 Å². The van der Waals surface area contributed by atoms with E-state index in [1.165, 1.54) is 32.7 Å². The van der Waals surface area contributed by atoms with E-state index in [4.69, 9.17) is 15.0 Å². The van der Waals surface area contributed by atoms with Crippen molar-refractivity contribution in [3.05, 3.63) is 182 Å². The van der Waals surface area contributed by atoms with Crippen LogP contribution in [0, 0.1) is 0 Å². The zero-order valence-corrected chi connectivity index (χ0v) is 27.6. The van der Waals surface area contributed by atoms with Crippen molar-refractivity contribution in [3.63, 3.8) is 0 Å². The average molecular weight is 651 g/mol. The Morgan fingerprint density at radius 1 is 0.294 bits per heavy atom. The van der Waals surface area contributed by atoms with Gasteiger partial charge >= 0.3 is 0 Å². The first kappa shape index (κ1) is 29.0. The first-order valence-electron chi connectivity index (χ1n) is 17.2. The van der Waals surface area contributed by atoms with Crippen molar-refractivity contribution >= 4 is 43.4 Å². The number of fused-ring (bicyclic) bond motifs is 5. The van der Waals surface area contributed by atoms with Crippen molar-refractivity contribution in [3.8, 4) is 51.0 Å². The number of aromatic nitrogens is 4. The van der Waals surface area contributed by atoms with Crippen molar-refractivity contribution < 1.29 is 0 Å². The summed E-state index contributed by atoms with van der Waals surface area (Å²) in [5.74, 6) is 1.89. The highest BCUT2D eigenvalue weighted by Gasteiger charge is 2.20. The number of rotatable bonds is 5. The van der Waals surface area contributed by atoms with Crippen LogP contribution in [0.25, 0.3) is 94.3 Å². The van der Waals surface area contributed by atoms with Crippen LogP contribution in [-0.2, 0) is 0 Å². The van der Waals surface area contributed by atoms with Gasteiger partial charge < -0.3 is 4.57 Å². The van der Waals surface area contributed by atoms with Gasteiger partial charge in [-0.1, -0.05) is 158 Å². The Kier molecular flexibility index (Phi) is 6.78. The van der Waals surface area contributed by atoms with Gasteiger partial charge in [0.05, 0.1) is 16.7 Å². The molecule has 0 fully saturated rings. The molecule has 2 heterocycles. The maximum absolute atomic E-state index is 5.30. The zero-order chi connectivity index (χ0) is 33.7. The van der Waals surface area contributed by atoms with Gasteiger partial charge in [-0.2, -0.15) is 0 Å². The predicted molar refractivity (Wildman–Crippen MR) is 211 cm³/mol. The van der Waals surface area contributed by atoms with Crippen LogP contribution in [0.4, 0.5) is 0 Å². The summed E-state index contributed by atoms with van der Waals surface area (Å²) in [6, 6.07) is 63.8. The molecule has 0 bridgehead atoms. The number of nitrogens with zero attached hydrogens (tertiary/aromatic N) is 4. The average Bonchev–Trinajstić information content (AvgIpc) is 3.54. The fraction of sp³-hybridized carbons (Fsp3) is 0. The van der Waals surface area contributed by atoms with Crippen LogP contribution in [0.5, 0.6) is 0 Å². The Morgan fingerprint density at radius 2 is 0.745 bits per heavy atom. The zero-order valence-electron chi connectivity index (χ0n) is 27.6. The number of benzene rings is 8. The van der Waals surface area contributed by atoms with Gasteiger partial charge in [0.1, 0.15) is 0 Å². The van der Waals surface area contributed by atoms with Gasteiger partial charge in [0.25, 0.3) is 0 Å². The summed E-state index contributed by atoms with van der Waals surface area (Å²) in [7, 11) is 0. The first-order chi connectivity index (χ1) is 25.3. The third-order valence-corrected chi connectivity index (χ3v) is 9.88. The molecule has 0 amide bonds. The Morgan fingerprint density at radius 3 is 1.49 bits per heavy atom.